The second-order valence-corrected chi connectivity index (χ2v) is 5.55. The van der Waals surface area contributed by atoms with Crippen LogP contribution in [0.1, 0.15) is 36.8 Å². The van der Waals surface area contributed by atoms with Crippen molar-refractivity contribution in [1.29, 1.82) is 0 Å². The van der Waals surface area contributed by atoms with Crippen molar-refractivity contribution in [3.8, 4) is 0 Å². The van der Waals surface area contributed by atoms with Gasteiger partial charge in [0.15, 0.2) is 5.96 Å². The van der Waals surface area contributed by atoms with Crippen LogP contribution in [0.3, 0.4) is 0 Å². The fraction of sp³-hybridized carbons (Fsp3) is 0.562. The number of benzene rings is 1. The van der Waals surface area contributed by atoms with Gasteiger partial charge in [-0.3, -0.25) is 4.99 Å². The Labute approximate surface area is 144 Å². The van der Waals surface area contributed by atoms with Crippen molar-refractivity contribution in [2.24, 2.45) is 10.7 Å². The minimum atomic E-state index is 0. The van der Waals surface area contributed by atoms with Crippen molar-refractivity contribution in [3.63, 3.8) is 0 Å². The fourth-order valence-electron chi connectivity index (χ4n) is 2.60. The maximum Gasteiger partial charge on any atom is 0.193 e. The van der Waals surface area contributed by atoms with Gasteiger partial charge in [0.25, 0.3) is 0 Å². The number of aliphatic imine (C=N–C) groups is 1. The number of halogens is 1. The van der Waals surface area contributed by atoms with Crippen molar-refractivity contribution in [2.45, 2.75) is 45.6 Å². The van der Waals surface area contributed by atoms with E-state index in [0.29, 0.717) is 18.6 Å². The molecule has 1 aliphatic rings. The Morgan fingerprint density at radius 3 is 2.62 bits per heavy atom. The topological polar surface area (TPSA) is 59.6 Å². The zero-order chi connectivity index (χ0) is 14.4. The number of nitrogens with zero attached hydrogens (tertiary/aromatic N) is 1. The highest BCUT2D eigenvalue weighted by Crippen LogP contribution is 2.16. The maximum absolute atomic E-state index is 5.92. The summed E-state index contributed by atoms with van der Waals surface area (Å²) >= 11 is 0. The predicted octanol–water partition coefficient (Wildman–Crippen LogP) is 3.61. The first-order chi connectivity index (χ1) is 9.63. The van der Waals surface area contributed by atoms with E-state index in [4.69, 9.17) is 10.5 Å². The molecule has 1 aliphatic heterocycles. The molecule has 0 bridgehead atoms. The molecule has 1 fully saturated rings. The number of nitrogens with one attached hydrogen (secondary N) is 1. The number of anilines is 1. The van der Waals surface area contributed by atoms with Crippen LogP contribution in [0.5, 0.6) is 0 Å². The van der Waals surface area contributed by atoms with Gasteiger partial charge in [-0.2, -0.15) is 0 Å². The molecule has 1 saturated heterocycles. The van der Waals surface area contributed by atoms with Gasteiger partial charge in [-0.25, -0.2) is 0 Å². The highest BCUT2D eigenvalue weighted by Gasteiger charge is 2.12. The van der Waals surface area contributed by atoms with E-state index in [9.17, 15) is 0 Å². The standard InChI is InChI=1S/C16H25N3O.HI/c1-12-9-13(2)11-14(10-12)19-16(17)18-7-6-15-5-3-4-8-20-15;/h9-11,15H,3-8H2,1-2H3,(H3,17,18,19);1H. The zero-order valence-electron chi connectivity index (χ0n) is 12.9. The number of guanidine groups is 1. The zero-order valence-corrected chi connectivity index (χ0v) is 15.2. The first-order valence-electron chi connectivity index (χ1n) is 7.40. The number of aryl methyl sites for hydroxylation is 2. The molecule has 0 aromatic heterocycles. The number of ether oxygens (including phenoxy) is 1. The van der Waals surface area contributed by atoms with Crippen LogP contribution in [0, 0.1) is 13.8 Å². The van der Waals surface area contributed by atoms with Gasteiger partial charge in [0.1, 0.15) is 0 Å². The molecule has 0 spiro atoms. The van der Waals surface area contributed by atoms with E-state index in [-0.39, 0.29) is 24.0 Å². The lowest BCUT2D eigenvalue weighted by molar-refractivity contribution is 0.0129. The second kappa shape index (κ2) is 9.25. The molecule has 1 aromatic carbocycles. The first-order valence-corrected chi connectivity index (χ1v) is 7.40. The largest absolute Gasteiger partial charge is 0.378 e. The van der Waals surface area contributed by atoms with Crippen molar-refractivity contribution >= 4 is 35.6 Å². The van der Waals surface area contributed by atoms with E-state index in [0.717, 1.165) is 25.1 Å². The maximum atomic E-state index is 5.92. The molecule has 5 heteroatoms. The lowest BCUT2D eigenvalue weighted by Crippen LogP contribution is -2.24. The summed E-state index contributed by atoms with van der Waals surface area (Å²) in [5.41, 5.74) is 9.35. The summed E-state index contributed by atoms with van der Waals surface area (Å²) in [6.45, 7) is 5.76. The van der Waals surface area contributed by atoms with Crippen molar-refractivity contribution in [3.05, 3.63) is 29.3 Å². The monoisotopic (exact) mass is 403 g/mol. The first kappa shape index (κ1) is 18.2. The molecule has 3 N–H and O–H groups in total. The Morgan fingerprint density at radius 2 is 2.00 bits per heavy atom. The Balaban J connectivity index is 0.00000220. The van der Waals surface area contributed by atoms with Gasteiger partial charge in [-0.1, -0.05) is 6.07 Å². The highest BCUT2D eigenvalue weighted by atomic mass is 127. The van der Waals surface area contributed by atoms with Crippen LogP contribution in [0.4, 0.5) is 5.69 Å². The molecule has 2 rings (SSSR count). The van der Waals surface area contributed by atoms with Crippen LogP contribution in [-0.2, 0) is 4.74 Å². The van der Waals surface area contributed by atoms with E-state index in [1.165, 1.54) is 24.0 Å². The summed E-state index contributed by atoms with van der Waals surface area (Å²) in [5, 5.41) is 3.15. The number of rotatable bonds is 4. The molecule has 4 nitrogen and oxygen atoms in total. The van der Waals surface area contributed by atoms with Gasteiger partial charge in [-0.05, 0) is 62.8 Å². The molecule has 0 radical (unpaired) electrons. The molecule has 21 heavy (non-hydrogen) atoms. The summed E-state index contributed by atoms with van der Waals surface area (Å²) in [4.78, 5) is 4.38. The quantitative estimate of drug-likeness (QED) is 0.459. The van der Waals surface area contributed by atoms with E-state index >= 15 is 0 Å². The number of nitrogens with two attached hydrogens (primary N) is 1. The lowest BCUT2D eigenvalue weighted by Gasteiger charge is -2.21. The average Bonchev–Trinajstić information content (AvgIpc) is 2.38. The summed E-state index contributed by atoms with van der Waals surface area (Å²) in [7, 11) is 0. The normalized spacial score (nSPS) is 19.0. The highest BCUT2D eigenvalue weighted by molar-refractivity contribution is 14.0. The third-order valence-corrected chi connectivity index (χ3v) is 3.50. The molecule has 0 saturated carbocycles. The summed E-state index contributed by atoms with van der Waals surface area (Å²) in [5.74, 6) is 0.478. The van der Waals surface area contributed by atoms with Crippen LogP contribution in [0.15, 0.2) is 23.2 Å². The van der Waals surface area contributed by atoms with Gasteiger partial charge < -0.3 is 15.8 Å². The van der Waals surface area contributed by atoms with Crippen LogP contribution in [0.2, 0.25) is 0 Å². The summed E-state index contributed by atoms with van der Waals surface area (Å²) in [6, 6.07) is 6.28. The fourth-order valence-corrected chi connectivity index (χ4v) is 2.60. The van der Waals surface area contributed by atoms with E-state index in [1.807, 2.05) is 0 Å². The van der Waals surface area contributed by atoms with Crippen LogP contribution in [-0.4, -0.2) is 25.2 Å². The Kier molecular flexibility index (Phi) is 8.03. The number of hydrogen-bond acceptors (Lipinski definition) is 2. The molecular weight excluding hydrogens is 377 g/mol. The Hall–Kier alpha value is -0.820. The number of hydrogen-bond donors (Lipinski definition) is 2. The third kappa shape index (κ3) is 6.65. The van der Waals surface area contributed by atoms with Crippen molar-refractivity contribution in [1.82, 2.24) is 0 Å². The van der Waals surface area contributed by atoms with Gasteiger partial charge in [0, 0.05) is 18.8 Å². The SMILES string of the molecule is Cc1cc(C)cc(NC(N)=NCCC2CCCCO2)c1.I. The van der Waals surface area contributed by atoms with E-state index in [1.54, 1.807) is 0 Å². The van der Waals surface area contributed by atoms with E-state index in [2.05, 4.69) is 42.4 Å². The Bertz CT molecular complexity index is 450. The van der Waals surface area contributed by atoms with Crippen molar-refractivity contribution < 1.29 is 4.74 Å². The lowest BCUT2D eigenvalue weighted by atomic mass is 10.1. The molecule has 1 aromatic rings. The summed E-state index contributed by atoms with van der Waals surface area (Å²) < 4.78 is 5.68. The van der Waals surface area contributed by atoms with Gasteiger partial charge in [-0.15, -0.1) is 24.0 Å². The Morgan fingerprint density at radius 1 is 1.29 bits per heavy atom. The molecule has 1 heterocycles. The van der Waals surface area contributed by atoms with Crippen molar-refractivity contribution in [2.75, 3.05) is 18.5 Å². The summed E-state index contributed by atoms with van der Waals surface area (Å²) in [6.07, 6.45) is 4.93. The minimum Gasteiger partial charge on any atom is -0.378 e. The molecule has 0 amide bonds. The van der Waals surface area contributed by atoms with Gasteiger partial charge in [0.05, 0.1) is 6.10 Å². The van der Waals surface area contributed by atoms with E-state index < -0.39 is 0 Å². The average molecular weight is 403 g/mol. The third-order valence-electron chi connectivity index (χ3n) is 3.50. The molecule has 1 unspecified atom stereocenters. The molecule has 118 valence electrons. The molecule has 0 aliphatic carbocycles. The van der Waals surface area contributed by atoms with Crippen LogP contribution in [0.25, 0.3) is 0 Å². The predicted molar refractivity (Wildman–Crippen MR) is 99.7 cm³/mol. The smallest absolute Gasteiger partial charge is 0.193 e. The van der Waals surface area contributed by atoms with Crippen LogP contribution < -0.4 is 11.1 Å². The molecule has 1 atom stereocenters. The second-order valence-electron chi connectivity index (χ2n) is 5.55. The van der Waals surface area contributed by atoms with Gasteiger partial charge in [0.2, 0.25) is 0 Å². The minimum absolute atomic E-state index is 0. The molecular formula is C16H26IN3O. The van der Waals surface area contributed by atoms with Gasteiger partial charge >= 0.3 is 0 Å². The van der Waals surface area contributed by atoms with Crippen LogP contribution >= 0.6 is 24.0 Å².